The molecule has 6 nitrogen and oxygen atoms in total. The SMILES string of the molecule is Cl.NCC(NC(=O)c1cnc2ccccn2c1=O)C1CCCCC1. The molecule has 24 heavy (non-hydrogen) atoms. The van der Waals surface area contributed by atoms with E-state index in [1.165, 1.54) is 29.9 Å². The van der Waals surface area contributed by atoms with Gasteiger partial charge in [0.15, 0.2) is 0 Å². The van der Waals surface area contributed by atoms with Crippen molar-refractivity contribution in [2.24, 2.45) is 11.7 Å². The number of carbonyl (C=O) groups excluding carboxylic acids is 1. The normalized spacial score (nSPS) is 16.4. The molecule has 1 atom stereocenters. The monoisotopic (exact) mass is 350 g/mol. The molecule has 0 saturated heterocycles. The van der Waals surface area contributed by atoms with Crippen molar-refractivity contribution in [2.75, 3.05) is 6.54 Å². The first-order chi connectivity index (χ1) is 11.2. The molecular weight excluding hydrogens is 328 g/mol. The van der Waals surface area contributed by atoms with Gasteiger partial charge in [0.25, 0.3) is 11.5 Å². The summed E-state index contributed by atoms with van der Waals surface area (Å²) >= 11 is 0. The second-order valence-electron chi connectivity index (χ2n) is 6.12. The molecule has 2 heterocycles. The molecular formula is C17H23ClN4O2. The lowest BCUT2D eigenvalue weighted by atomic mass is 9.84. The molecule has 3 N–H and O–H groups in total. The molecule has 0 radical (unpaired) electrons. The minimum Gasteiger partial charge on any atom is -0.348 e. The van der Waals surface area contributed by atoms with Gasteiger partial charge in [-0.05, 0) is 30.9 Å². The predicted molar refractivity (Wildman–Crippen MR) is 95.6 cm³/mol. The van der Waals surface area contributed by atoms with E-state index in [1.807, 2.05) is 0 Å². The summed E-state index contributed by atoms with van der Waals surface area (Å²) in [6.45, 7) is 0.388. The Morgan fingerprint density at radius 3 is 2.79 bits per heavy atom. The highest BCUT2D eigenvalue weighted by atomic mass is 35.5. The number of aromatic nitrogens is 2. The molecule has 1 aliphatic carbocycles. The number of hydrogen-bond acceptors (Lipinski definition) is 4. The van der Waals surface area contributed by atoms with Gasteiger partial charge in [-0.2, -0.15) is 0 Å². The molecule has 1 unspecified atom stereocenters. The van der Waals surface area contributed by atoms with Gasteiger partial charge in [0, 0.05) is 25.0 Å². The lowest BCUT2D eigenvalue weighted by Gasteiger charge is -2.30. The van der Waals surface area contributed by atoms with Crippen molar-refractivity contribution >= 4 is 24.0 Å². The minimum absolute atomic E-state index is 0. The van der Waals surface area contributed by atoms with E-state index >= 15 is 0 Å². The van der Waals surface area contributed by atoms with Crippen LogP contribution in [0.25, 0.3) is 5.65 Å². The van der Waals surface area contributed by atoms with Crippen molar-refractivity contribution in [3.63, 3.8) is 0 Å². The fourth-order valence-electron chi connectivity index (χ4n) is 3.33. The highest BCUT2D eigenvalue weighted by Crippen LogP contribution is 2.26. The Balaban J connectivity index is 0.00000208. The zero-order chi connectivity index (χ0) is 16.2. The van der Waals surface area contributed by atoms with E-state index in [2.05, 4.69) is 10.3 Å². The average Bonchev–Trinajstić information content (AvgIpc) is 2.60. The topological polar surface area (TPSA) is 89.5 Å². The van der Waals surface area contributed by atoms with Crippen LogP contribution in [0.2, 0.25) is 0 Å². The van der Waals surface area contributed by atoms with Gasteiger partial charge in [0.05, 0.1) is 0 Å². The summed E-state index contributed by atoms with van der Waals surface area (Å²) in [4.78, 5) is 29.1. The third kappa shape index (κ3) is 3.76. The fourth-order valence-corrected chi connectivity index (χ4v) is 3.33. The zero-order valence-electron chi connectivity index (χ0n) is 13.5. The molecule has 1 fully saturated rings. The van der Waals surface area contributed by atoms with E-state index in [0.29, 0.717) is 18.1 Å². The van der Waals surface area contributed by atoms with Gasteiger partial charge in [-0.15, -0.1) is 12.4 Å². The smallest absolute Gasteiger partial charge is 0.270 e. The molecule has 7 heteroatoms. The maximum atomic E-state index is 12.5. The third-order valence-corrected chi connectivity index (χ3v) is 4.65. The molecule has 0 aliphatic heterocycles. The van der Waals surface area contributed by atoms with E-state index in [4.69, 9.17) is 5.73 Å². The molecule has 0 aromatic carbocycles. The molecule has 0 bridgehead atoms. The standard InChI is InChI=1S/C17H22N4O2.ClH/c18-10-14(12-6-2-1-3-7-12)20-16(22)13-11-19-15-8-4-5-9-21(15)17(13)23;/h4-5,8-9,11-12,14H,1-3,6-7,10,18H2,(H,20,22);1H. The van der Waals surface area contributed by atoms with E-state index in [1.54, 1.807) is 24.4 Å². The quantitative estimate of drug-likeness (QED) is 0.879. The van der Waals surface area contributed by atoms with Crippen LogP contribution in [-0.4, -0.2) is 27.9 Å². The van der Waals surface area contributed by atoms with Crippen molar-refractivity contribution in [2.45, 2.75) is 38.1 Å². The molecule has 2 aromatic rings. The summed E-state index contributed by atoms with van der Waals surface area (Å²) in [5, 5.41) is 2.94. The summed E-state index contributed by atoms with van der Waals surface area (Å²) in [7, 11) is 0. The number of pyridine rings is 1. The average molecular weight is 351 g/mol. The van der Waals surface area contributed by atoms with Gasteiger partial charge in [0.2, 0.25) is 0 Å². The number of amides is 1. The van der Waals surface area contributed by atoms with E-state index in [-0.39, 0.29) is 35.5 Å². The van der Waals surface area contributed by atoms with E-state index < -0.39 is 0 Å². The summed E-state index contributed by atoms with van der Waals surface area (Å²) in [6, 6.07) is 5.18. The van der Waals surface area contributed by atoms with Crippen molar-refractivity contribution in [3.8, 4) is 0 Å². The number of hydrogen-bond donors (Lipinski definition) is 2. The van der Waals surface area contributed by atoms with Crippen LogP contribution in [0.1, 0.15) is 42.5 Å². The highest BCUT2D eigenvalue weighted by Gasteiger charge is 2.25. The Hall–Kier alpha value is -1.92. The summed E-state index contributed by atoms with van der Waals surface area (Å²) in [5.74, 6) is 0.00986. The first-order valence-corrected chi connectivity index (χ1v) is 8.18. The fraction of sp³-hybridized carbons (Fsp3) is 0.471. The van der Waals surface area contributed by atoms with Crippen LogP contribution in [0.5, 0.6) is 0 Å². The lowest BCUT2D eigenvalue weighted by molar-refractivity contribution is 0.0913. The zero-order valence-corrected chi connectivity index (χ0v) is 14.3. The highest BCUT2D eigenvalue weighted by molar-refractivity contribution is 5.94. The first-order valence-electron chi connectivity index (χ1n) is 8.18. The lowest BCUT2D eigenvalue weighted by Crippen LogP contribution is -2.47. The molecule has 130 valence electrons. The van der Waals surface area contributed by atoms with Gasteiger partial charge >= 0.3 is 0 Å². The van der Waals surface area contributed by atoms with Crippen molar-refractivity contribution in [1.82, 2.24) is 14.7 Å². The number of halogens is 1. The van der Waals surface area contributed by atoms with E-state index in [9.17, 15) is 9.59 Å². The Bertz CT molecular complexity index is 756. The van der Waals surface area contributed by atoms with Crippen LogP contribution in [0, 0.1) is 5.92 Å². The summed E-state index contributed by atoms with van der Waals surface area (Å²) in [5.41, 5.74) is 6.07. The van der Waals surface area contributed by atoms with Gasteiger partial charge in [0.1, 0.15) is 11.2 Å². The minimum atomic E-state index is -0.387. The number of nitrogens with zero attached hydrogens (tertiary/aromatic N) is 2. The summed E-state index contributed by atoms with van der Waals surface area (Å²) in [6.07, 6.45) is 8.73. The van der Waals surface area contributed by atoms with Gasteiger partial charge in [-0.1, -0.05) is 25.3 Å². The van der Waals surface area contributed by atoms with Gasteiger partial charge in [-0.25, -0.2) is 4.98 Å². The molecule has 1 aliphatic rings. The van der Waals surface area contributed by atoms with Gasteiger partial charge < -0.3 is 11.1 Å². The van der Waals surface area contributed by atoms with Crippen LogP contribution in [-0.2, 0) is 0 Å². The van der Waals surface area contributed by atoms with Crippen LogP contribution >= 0.6 is 12.4 Å². The van der Waals surface area contributed by atoms with Gasteiger partial charge in [-0.3, -0.25) is 14.0 Å². The number of nitrogens with one attached hydrogen (secondary N) is 1. The Labute approximate surface area is 146 Å². The molecule has 1 saturated carbocycles. The molecule has 2 aromatic heterocycles. The largest absolute Gasteiger partial charge is 0.348 e. The maximum Gasteiger partial charge on any atom is 0.270 e. The van der Waals surface area contributed by atoms with E-state index in [0.717, 1.165) is 12.8 Å². The maximum absolute atomic E-state index is 12.5. The predicted octanol–water partition coefficient (Wildman–Crippen LogP) is 1.75. The van der Waals surface area contributed by atoms with Crippen molar-refractivity contribution in [1.29, 1.82) is 0 Å². The van der Waals surface area contributed by atoms with Crippen molar-refractivity contribution in [3.05, 3.63) is 46.5 Å². The molecule has 3 rings (SSSR count). The Morgan fingerprint density at radius 1 is 1.33 bits per heavy atom. The third-order valence-electron chi connectivity index (χ3n) is 4.65. The second-order valence-corrected chi connectivity index (χ2v) is 6.12. The van der Waals surface area contributed by atoms with Crippen LogP contribution in [0.4, 0.5) is 0 Å². The number of nitrogens with two attached hydrogens (primary N) is 1. The summed E-state index contributed by atoms with van der Waals surface area (Å²) < 4.78 is 1.38. The Morgan fingerprint density at radius 2 is 2.08 bits per heavy atom. The van der Waals surface area contributed by atoms with Crippen LogP contribution in [0.15, 0.2) is 35.4 Å². The Kier molecular flexibility index (Phi) is 6.34. The second kappa shape index (κ2) is 8.26. The van der Waals surface area contributed by atoms with Crippen LogP contribution in [0.3, 0.4) is 0 Å². The van der Waals surface area contributed by atoms with Crippen molar-refractivity contribution < 1.29 is 4.79 Å². The van der Waals surface area contributed by atoms with Crippen LogP contribution < -0.4 is 16.6 Å². The molecule has 1 amide bonds. The number of carbonyl (C=O) groups is 1. The number of rotatable bonds is 4. The first kappa shape index (κ1) is 18.4. The molecule has 0 spiro atoms. The number of fused-ring (bicyclic) bond motifs is 1.